The summed E-state index contributed by atoms with van der Waals surface area (Å²) < 4.78 is 17.3. The number of nitrogens with one attached hydrogen (secondary N) is 1. The molecule has 10 heteroatoms. The van der Waals surface area contributed by atoms with Crippen LogP contribution in [-0.4, -0.2) is 64.7 Å². The van der Waals surface area contributed by atoms with Gasteiger partial charge in [0.1, 0.15) is 24.8 Å². The van der Waals surface area contributed by atoms with Gasteiger partial charge in [-0.3, -0.25) is 5.43 Å². The van der Waals surface area contributed by atoms with Crippen molar-refractivity contribution in [2.24, 2.45) is 5.10 Å². The summed E-state index contributed by atoms with van der Waals surface area (Å²) in [5, 5.41) is 4.73. The second kappa shape index (κ2) is 13.0. The summed E-state index contributed by atoms with van der Waals surface area (Å²) >= 11 is 6.52. The molecular formula is C27H35ClN6O3. The topological polar surface area (TPSA) is 84.3 Å². The quantitative estimate of drug-likeness (QED) is 0.199. The van der Waals surface area contributed by atoms with E-state index >= 15 is 0 Å². The van der Waals surface area contributed by atoms with E-state index in [0.29, 0.717) is 41.5 Å². The van der Waals surface area contributed by atoms with Crippen LogP contribution in [0.3, 0.4) is 0 Å². The van der Waals surface area contributed by atoms with E-state index < -0.39 is 0 Å². The van der Waals surface area contributed by atoms with Gasteiger partial charge in [0.15, 0.2) is 17.3 Å². The first kappa shape index (κ1) is 27.9. The number of anilines is 3. The molecule has 1 heterocycles. The van der Waals surface area contributed by atoms with E-state index in [1.54, 1.807) is 25.5 Å². The Bertz CT molecular complexity index is 1210. The molecule has 0 fully saturated rings. The van der Waals surface area contributed by atoms with Crippen molar-refractivity contribution in [3.05, 3.63) is 58.1 Å². The summed E-state index contributed by atoms with van der Waals surface area (Å²) in [5.41, 5.74) is 6.10. The molecule has 0 amide bonds. The number of benzene rings is 2. The van der Waals surface area contributed by atoms with E-state index in [4.69, 9.17) is 25.8 Å². The van der Waals surface area contributed by atoms with E-state index in [9.17, 15) is 0 Å². The van der Waals surface area contributed by atoms with Gasteiger partial charge in [-0.25, -0.2) is 0 Å². The van der Waals surface area contributed by atoms with Crippen LogP contribution in [-0.2, 0) is 6.42 Å². The smallest absolute Gasteiger partial charge is 0.228 e. The summed E-state index contributed by atoms with van der Waals surface area (Å²) in [4.78, 5) is 12.7. The van der Waals surface area contributed by atoms with Gasteiger partial charge in [-0.1, -0.05) is 24.6 Å². The molecule has 0 aliphatic heterocycles. The van der Waals surface area contributed by atoms with E-state index in [1.165, 1.54) is 11.1 Å². The molecule has 0 radical (unpaired) electrons. The van der Waals surface area contributed by atoms with Crippen molar-refractivity contribution in [3.8, 4) is 17.2 Å². The number of halogens is 1. The van der Waals surface area contributed by atoms with Crippen LogP contribution in [0.1, 0.15) is 23.6 Å². The third-order valence-corrected chi connectivity index (χ3v) is 5.60. The minimum atomic E-state index is 0.316. The third kappa shape index (κ3) is 7.88. The second-order valence-electron chi connectivity index (χ2n) is 8.81. The summed E-state index contributed by atoms with van der Waals surface area (Å²) in [6, 6.07) is 11.6. The van der Waals surface area contributed by atoms with Crippen molar-refractivity contribution >= 4 is 35.4 Å². The third-order valence-electron chi connectivity index (χ3n) is 5.32. The van der Waals surface area contributed by atoms with Gasteiger partial charge >= 0.3 is 0 Å². The number of nitrogens with zero attached hydrogens (tertiary/aromatic N) is 5. The van der Waals surface area contributed by atoms with Gasteiger partial charge in [0.2, 0.25) is 5.95 Å². The summed E-state index contributed by atoms with van der Waals surface area (Å²) in [7, 11) is 9.18. The highest BCUT2D eigenvalue weighted by Crippen LogP contribution is 2.36. The fourth-order valence-corrected chi connectivity index (χ4v) is 3.72. The second-order valence-corrected chi connectivity index (χ2v) is 9.22. The molecule has 0 spiro atoms. The van der Waals surface area contributed by atoms with Crippen molar-refractivity contribution in [1.82, 2.24) is 9.97 Å². The molecule has 9 nitrogen and oxygen atoms in total. The van der Waals surface area contributed by atoms with Gasteiger partial charge in [0, 0.05) is 34.3 Å². The van der Waals surface area contributed by atoms with Crippen LogP contribution in [0.25, 0.3) is 0 Å². The Balaban J connectivity index is 1.65. The van der Waals surface area contributed by atoms with Crippen LogP contribution < -0.4 is 29.4 Å². The molecule has 2 aromatic carbocycles. The lowest BCUT2D eigenvalue weighted by atomic mass is 10.1. The Hall–Kier alpha value is -3.72. The average molecular weight is 527 g/mol. The van der Waals surface area contributed by atoms with Gasteiger partial charge in [-0.2, -0.15) is 15.1 Å². The molecule has 0 aliphatic rings. The van der Waals surface area contributed by atoms with E-state index in [1.807, 2.05) is 56.2 Å². The normalized spacial score (nSPS) is 10.9. The highest BCUT2D eigenvalue weighted by Gasteiger charge is 2.12. The minimum absolute atomic E-state index is 0.316. The van der Waals surface area contributed by atoms with Crippen LogP contribution in [0.5, 0.6) is 17.2 Å². The van der Waals surface area contributed by atoms with Gasteiger partial charge in [-0.15, -0.1) is 0 Å². The number of methoxy groups -OCH3 is 1. The predicted molar refractivity (Wildman–Crippen MR) is 151 cm³/mol. The number of hydrogen-bond donors (Lipinski definition) is 1. The Kier molecular flexibility index (Phi) is 9.79. The van der Waals surface area contributed by atoms with Gasteiger partial charge in [0.25, 0.3) is 0 Å². The maximum atomic E-state index is 6.52. The highest BCUT2D eigenvalue weighted by atomic mass is 35.5. The molecule has 37 heavy (non-hydrogen) atoms. The molecule has 3 aromatic rings. The van der Waals surface area contributed by atoms with Crippen LogP contribution in [0.4, 0.5) is 17.6 Å². The molecule has 0 bridgehead atoms. The van der Waals surface area contributed by atoms with Gasteiger partial charge < -0.3 is 24.0 Å². The Labute approximate surface area is 224 Å². The molecule has 3 rings (SSSR count). The van der Waals surface area contributed by atoms with Crippen molar-refractivity contribution in [3.63, 3.8) is 0 Å². The number of hydrogen-bond acceptors (Lipinski definition) is 9. The van der Waals surface area contributed by atoms with Crippen molar-refractivity contribution in [2.75, 3.05) is 63.7 Å². The summed E-state index contributed by atoms with van der Waals surface area (Å²) in [6.07, 6.45) is 2.59. The molecule has 0 atom stereocenters. The Morgan fingerprint density at radius 1 is 0.973 bits per heavy atom. The van der Waals surface area contributed by atoms with E-state index in [0.717, 1.165) is 23.6 Å². The molecule has 0 unspecified atom stereocenters. The zero-order chi connectivity index (χ0) is 26.9. The first-order valence-corrected chi connectivity index (χ1v) is 12.3. The number of hydrazone groups is 1. The number of aromatic nitrogens is 2. The Morgan fingerprint density at radius 2 is 1.73 bits per heavy atom. The van der Waals surface area contributed by atoms with E-state index in [2.05, 4.69) is 40.4 Å². The monoisotopic (exact) mass is 526 g/mol. The molecule has 0 aliphatic carbocycles. The summed E-state index contributed by atoms with van der Waals surface area (Å²) in [5.74, 6) is 3.70. The zero-order valence-electron chi connectivity index (χ0n) is 22.5. The van der Waals surface area contributed by atoms with Crippen LogP contribution >= 0.6 is 11.6 Å². The minimum Gasteiger partial charge on any atom is -0.493 e. The van der Waals surface area contributed by atoms with Crippen LogP contribution in [0, 0.1) is 6.92 Å². The number of aryl methyl sites for hydroxylation is 2. The lowest BCUT2D eigenvalue weighted by Gasteiger charge is -2.17. The van der Waals surface area contributed by atoms with Crippen molar-refractivity contribution in [2.45, 2.75) is 20.3 Å². The number of ether oxygens (including phenoxy) is 3. The Morgan fingerprint density at radius 3 is 2.41 bits per heavy atom. The average Bonchev–Trinajstić information content (AvgIpc) is 2.86. The fraction of sp³-hybridized carbons (Fsp3) is 0.370. The van der Waals surface area contributed by atoms with Crippen molar-refractivity contribution in [1.29, 1.82) is 0 Å². The predicted octanol–water partition coefficient (Wildman–Crippen LogP) is 5.05. The molecular weight excluding hydrogens is 492 g/mol. The first-order valence-electron chi connectivity index (χ1n) is 12.0. The van der Waals surface area contributed by atoms with E-state index in [-0.39, 0.29) is 0 Å². The standard InChI is InChI=1S/C27H35ClN6O3/c1-8-19-11-18(2)12-21(13-19)36-9-10-37-26-22(28)14-20(15-23(26)35-7)17-29-32-24-16-25(33(3)4)31-27(30-24)34(5)6/h11-17H,8-10H2,1-7H3,(H,30,31,32)/b29-17-. The highest BCUT2D eigenvalue weighted by molar-refractivity contribution is 6.32. The van der Waals surface area contributed by atoms with Gasteiger partial charge in [0.05, 0.1) is 18.3 Å². The largest absolute Gasteiger partial charge is 0.493 e. The first-order chi connectivity index (χ1) is 17.7. The molecule has 1 N–H and O–H groups in total. The zero-order valence-corrected chi connectivity index (χ0v) is 23.3. The maximum Gasteiger partial charge on any atom is 0.228 e. The van der Waals surface area contributed by atoms with Gasteiger partial charge in [-0.05, 0) is 54.3 Å². The molecule has 0 saturated heterocycles. The molecule has 0 saturated carbocycles. The maximum absolute atomic E-state index is 6.52. The molecule has 198 valence electrons. The van der Waals surface area contributed by atoms with Crippen LogP contribution in [0.2, 0.25) is 5.02 Å². The fourth-order valence-electron chi connectivity index (χ4n) is 3.45. The lowest BCUT2D eigenvalue weighted by molar-refractivity contribution is 0.211. The molecule has 1 aromatic heterocycles. The van der Waals surface area contributed by atoms with Crippen molar-refractivity contribution < 1.29 is 14.2 Å². The SMILES string of the molecule is CCc1cc(C)cc(OCCOc2c(Cl)cc(/C=N\Nc3cc(N(C)C)nc(N(C)C)n3)cc2OC)c1. The number of rotatable bonds is 12. The summed E-state index contributed by atoms with van der Waals surface area (Å²) in [6.45, 7) is 4.88. The van der Waals surface area contributed by atoms with Crippen LogP contribution in [0.15, 0.2) is 41.5 Å². The lowest BCUT2D eigenvalue weighted by Crippen LogP contribution is -2.17.